The first-order chi connectivity index (χ1) is 33.0. The molecule has 0 saturated heterocycles. The fraction of sp³-hybridized carbons (Fsp3) is 0.902. The number of allylic oxidation sites excluding steroid dienone is 3. The first-order valence-electron chi connectivity index (χ1n) is 30.1. The van der Waals surface area contributed by atoms with Crippen molar-refractivity contribution in [2.24, 2.45) is 0 Å². The largest absolute Gasteiger partial charge is 0.466 e. The Morgan fingerprint density at radius 1 is 0.403 bits per heavy atom. The van der Waals surface area contributed by atoms with E-state index in [1.54, 1.807) is 6.08 Å². The number of unbranched alkanes of at least 4 members (excludes halogenated alkanes) is 43. The standard InChI is InChI=1S/C61H117NO5/c1-3-5-7-9-11-13-15-17-19-21-25-29-33-37-41-45-49-53-59(64)58(57-63)62-60(65)54-50-46-42-38-34-30-26-23-24-28-32-36-40-44-48-52-56-67-61(66)55-51-47-43-39-35-31-27-22-20-18-16-14-12-10-8-6-4-2/h18,20,49,53,58-59,63-64H,3-17,19,21-48,50-52,54-57H2,1-2H3,(H,62,65)/b20-18-,53-49+. The summed E-state index contributed by atoms with van der Waals surface area (Å²) in [4.78, 5) is 24.5. The fourth-order valence-corrected chi connectivity index (χ4v) is 9.34. The molecule has 0 heterocycles. The van der Waals surface area contributed by atoms with Gasteiger partial charge in [-0.25, -0.2) is 0 Å². The Kier molecular flexibility index (Phi) is 55.5. The zero-order valence-corrected chi connectivity index (χ0v) is 45.1. The maximum absolute atomic E-state index is 12.5. The van der Waals surface area contributed by atoms with Crippen LogP contribution in [0, 0.1) is 0 Å². The quantitative estimate of drug-likeness (QED) is 0.0321. The minimum atomic E-state index is -0.849. The number of aliphatic hydroxyl groups excluding tert-OH is 2. The van der Waals surface area contributed by atoms with Gasteiger partial charge in [0.1, 0.15) is 0 Å². The van der Waals surface area contributed by atoms with Gasteiger partial charge in [0.15, 0.2) is 0 Å². The third-order valence-electron chi connectivity index (χ3n) is 14.0. The van der Waals surface area contributed by atoms with Crippen molar-refractivity contribution in [1.82, 2.24) is 5.32 Å². The summed E-state index contributed by atoms with van der Waals surface area (Å²) in [5.74, 6) is -0.0735. The maximum Gasteiger partial charge on any atom is 0.305 e. The maximum atomic E-state index is 12.5. The molecule has 0 aromatic carbocycles. The lowest BCUT2D eigenvalue weighted by Crippen LogP contribution is -2.45. The van der Waals surface area contributed by atoms with Crippen molar-refractivity contribution in [1.29, 1.82) is 0 Å². The van der Waals surface area contributed by atoms with Crippen LogP contribution < -0.4 is 5.32 Å². The van der Waals surface area contributed by atoms with Crippen LogP contribution in [0.25, 0.3) is 0 Å². The number of hydrogen-bond donors (Lipinski definition) is 3. The topological polar surface area (TPSA) is 95.9 Å². The number of esters is 1. The van der Waals surface area contributed by atoms with Gasteiger partial charge in [-0.15, -0.1) is 0 Å². The van der Waals surface area contributed by atoms with E-state index in [1.807, 2.05) is 6.08 Å². The van der Waals surface area contributed by atoms with Crippen molar-refractivity contribution in [3.63, 3.8) is 0 Å². The van der Waals surface area contributed by atoms with Gasteiger partial charge in [-0.3, -0.25) is 9.59 Å². The molecule has 1 amide bonds. The van der Waals surface area contributed by atoms with Crippen molar-refractivity contribution in [3.05, 3.63) is 24.3 Å². The number of carbonyl (C=O) groups excluding carboxylic acids is 2. The minimum absolute atomic E-state index is 0.000749. The fourth-order valence-electron chi connectivity index (χ4n) is 9.34. The molecule has 0 rings (SSSR count). The van der Waals surface area contributed by atoms with Crippen molar-refractivity contribution in [3.8, 4) is 0 Å². The zero-order valence-electron chi connectivity index (χ0n) is 45.1. The number of carbonyl (C=O) groups is 2. The Balaban J connectivity index is 3.44. The summed E-state index contributed by atoms with van der Waals surface area (Å²) in [5.41, 5.74) is 0. The molecule has 2 atom stereocenters. The van der Waals surface area contributed by atoms with Gasteiger partial charge in [0, 0.05) is 12.8 Å². The first kappa shape index (κ1) is 65.3. The van der Waals surface area contributed by atoms with E-state index in [9.17, 15) is 19.8 Å². The number of hydrogen-bond acceptors (Lipinski definition) is 5. The molecule has 6 heteroatoms. The molecule has 2 unspecified atom stereocenters. The van der Waals surface area contributed by atoms with Crippen LogP contribution in [0.4, 0.5) is 0 Å². The van der Waals surface area contributed by atoms with Gasteiger partial charge in [-0.05, 0) is 57.8 Å². The zero-order chi connectivity index (χ0) is 48.6. The van der Waals surface area contributed by atoms with Crippen molar-refractivity contribution in [2.75, 3.05) is 13.2 Å². The second-order valence-electron chi connectivity index (χ2n) is 20.7. The highest BCUT2D eigenvalue weighted by molar-refractivity contribution is 5.76. The lowest BCUT2D eigenvalue weighted by molar-refractivity contribution is -0.143. The highest BCUT2D eigenvalue weighted by Crippen LogP contribution is 2.17. The average Bonchev–Trinajstić information content (AvgIpc) is 3.33. The van der Waals surface area contributed by atoms with E-state index in [4.69, 9.17) is 4.74 Å². The van der Waals surface area contributed by atoms with Crippen LogP contribution in [-0.2, 0) is 14.3 Å². The van der Waals surface area contributed by atoms with Crippen LogP contribution >= 0.6 is 0 Å². The van der Waals surface area contributed by atoms with E-state index in [-0.39, 0.29) is 18.5 Å². The second-order valence-corrected chi connectivity index (χ2v) is 20.7. The molecule has 396 valence electrons. The molecule has 0 aliphatic rings. The molecule has 0 aliphatic heterocycles. The predicted octanol–water partition coefficient (Wildman–Crippen LogP) is 18.6. The minimum Gasteiger partial charge on any atom is -0.466 e. The van der Waals surface area contributed by atoms with E-state index in [2.05, 4.69) is 31.3 Å². The van der Waals surface area contributed by atoms with Gasteiger partial charge >= 0.3 is 5.97 Å². The van der Waals surface area contributed by atoms with Crippen LogP contribution in [0.5, 0.6) is 0 Å². The Morgan fingerprint density at radius 3 is 1.06 bits per heavy atom. The smallest absolute Gasteiger partial charge is 0.305 e. The molecule has 6 nitrogen and oxygen atoms in total. The third kappa shape index (κ3) is 53.5. The first-order valence-corrected chi connectivity index (χ1v) is 30.1. The van der Waals surface area contributed by atoms with Crippen LogP contribution in [0.1, 0.15) is 328 Å². The molecule has 3 N–H and O–H groups in total. The number of aliphatic hydroxyl groups is 2. The summed E-state index contributed by atoms with van der Waals surface area (Å²) >= 11 is 0. The van der Waals surface area contributed by atoms with Gasteiger partial charge in [-0.2, -0.15) is 0 Å². The third-order valence-corrected chi connectivity index (χ3v) is 14.0. The molecular formula is C61H117NO5. The van der Waals surface area contributed by atoms with Gasteiger partial charge in [-0.1, -0.05) is 282 Å². The highest BCUT2D eigenvalue weighted by Gasteiger charge is 2.18. The molecule has 0 spiro atoms. The number of rotatable bonds is 56. The Morgan fingerprint density at radius 2 is 0.701 bits per heavy atom. The normalized spacial score (nSPS) is 12.7. The second kappa shape index (κ2) is 56.9. The summed E-state index contributed by atoms with van der Waals surface area (Å²) in [6.45, 7) is 4.90. The molecule has 0 bridgehead atoms. The molecule has 0 aliphatic carbocycles. The van der Waals surface area contributed by atoms with E-state index >= 15 is 0 Å². The van der Waals surface area contributed by atoms with E-state index < -0.39 is 12.1 Å². The van der Waals surface area contributed by atoms with Crippen molar-refractivity contribution in [2.45, 2.75) is 341 Å². The monoisotopic (exact) mass is 944 g/mol. The summed E-state index contributed by atoms with van der Waals surface area (Å²) in [6, 6.07) is -0.633. The summed E-state index contributed by atoms with van der Waals surface area (Å²) in [5, 5.41) is 23.1. The van der Waals surface area contributed by atoms with E-state index in [0.717, 1.165) is 44.9 Å². The molecule has 0 fully saturated rings. The molecule has 67 heavy (non-hydrogen) atoms. The van der Waals surface area contributed by atoms with Gasteiger partial charge in [0.05, 0.1) is 25.4 Å². The Bertz CT molecular complexity index is 1040. The van der Waals surface area contributed by atoms with Crippen LogP contribution in [-0.4, -0.2) is 47.4 Å². The summed E-state index contributed by atoms with van der Waals surface area (Å²) < 4.78 is 5.48. The average molecular weight is 945 g/mol. The Hall–Kier alpha value is -1.66. The lowest BCUT2D eigenvalue weighted by Gasteiger charge is -2.20. The summed E-state index contributed by atoms with van der Waals surface area (Å²) in [7, 11) is 0. The predicted molar refractivity (Wildman–Crippen MR) is 292 cm³/mol. The van der Waals surface area contributed by atoms with Crippen LogP contribution in [0.3, 0.4) is 0 Å². The van der Waals surface area contributed by atoms with Gasteiger partial charge in [0.25, 0.3) is 0 Å². The number of nitrogens with one attached hydrogen (secondary N) is 1. The number of ether oxygens (including phenoxy) is 1. The van der Waals surface area contributed by atoms with Gasteiger partial charge < -0.3 is 20.3 Å². The number of amides is 1. The molecule has 0 radical (unpaired) electrons. The highest BCUT2D eigenvalue weighted by atomic mass is 16.5. The van der Waals surface area contributed by atoms with Crippen molar-refractivity contribution >= 4 is 11.9 Å². The van der Waals surface area contributed by atoms with E-state index in [1.165, 1.54) is 257 Å². The Labute approximate surface area is 418 Å². The molecule has 0 saturated carbocycles. The SMILES string of the molecule is CCCCCCCC/C=C\CCCCCCCCCC(=O)OCCCCCCCCCCCCCCCCCCC(=O)NC(CO)C(O)/C=C/CCCCCCCCCCCCCCCCC. The van der Waals surface area contributed by atoms with E-state index in [0.29, 0.717) is 19.4 Å². The van der Waals surface area contributed by atoms with Crippen LogP contribution in [0.15, 0.2) is 24.3 Å². The van der Waals surface area contributed by atoms with Crippen molar-refractivity contribution < 1.29 is 24.5 Å². The molecule has 0 aromatic rings. The lowest BCUT2D eigenvalue weighted by atomic mass is 10.0. The summed E-state index contributed by atoms with van der Waals surface area (Å²) in [6.07, 6.45) is 69.1. The van der Waals surface area contributed by atoms with Crippen LogP contribution in [0.2, 0.25) is 0 Å². The van der Waals surface area contributed by atoms with Gasteiger partial charge in [0.2, 0.25) is 5.91 Å². The molecular weight excluding hydrogens is 827 g/mol. The molecule has 0 aromatic heterocycles.